The molecule has 16 heavy (non-hydrogen) atoms. The van der Waals surface area contributed by atoms with Crippen LogP contribution in [-0.4, -0.2) is 40.7 Å². The number of aliphatic carboxylic acids is 1. The van der Waals surface area contributed by atoms with Crippen LogP contribution in [0.5, 0.6) is 0 Å². The van der Waals surface area contributed by atoms with Crippen molar-refractivity contribution in [2.24, 2.45) is 5.11 Å². The van der Waals surface area contributed by atoms with E-state index in [-0.39, 0.29) is 0 Å². The van der Waals surface area contributed by atoms with Crippen LogP contribution in [0.2, 0.25) is 0 Å². The van der Waals surface area contributed by atoms with E-state index in [4.69, 9.17) is 5.53 Å². The summed E-state index contributed by atoms with van der Waals surface area (Å²) in [6, 6.07) is 0. The van der Waals surface area contributed by atoms with Crippen LogP contribution < -0.4 is 5.32 Å². The Morgan fingerprint density at radius 2 is 2.56 bits per heavy atom. The van der Waals surface area contributed by atoms with Gasteiger partial charge < -0.3 is 10.4 Å². The van der Waals surface area contributed by atoms with Crippen molar-refractivity contribution in [3.63, 3.8) is 0 Å². The first-order valence-corrected chi connectivity index (χ1v) is 6.26. The van der Waals surface area contributed by atoms with E-state index in [0.29, 0.717) is 36.9 Å². The second-order valence-corrected chi connectivity index (χ2v) is 5.37. The molecule has 7 heteroatoms. The van der Waals surface area contributed by atoms with E-state index in [1.54, 1.807) is 11.8 Å². The van der Waals surface area contributed by atoms with Crippen LogP contribution in [0.25, 0.3) is 10.4 Å². The summed E-state index contributed by atoms with van der Waals surface area (Å²) in [5, 5.41) is 16.1. The van der Waals surface area contributed by atoms with Gasteiger partial charge in [0, 0.05) is 22.5 Å². The molecule has 1 aliphatic rings. The maximum atomic E-state index is 11.2. The Morgan fingerprint density at radius 1 is 1.81 bits per heavy atom. The minimum absolute atomic E-state index is 0.376. The van der Waals surface area contributed by atoms with Crippen LogP contribution in [0.1, 0.15) is 19.8 Å². The third-order valence-electron chi connectivity index (χ3n) is 2.62. The second kappa shape index (κ2) is 5.98. The number of azide groups is 1. The average molecular weight is 244 g/mol. The SMILES string of the molecule is CC1CC(NCCCN=[N+]=[N-])(C(=O)O)CS1. The number of thioether (sulfide) groups is 1. The molecule has 1 aliphatic heterocycles. The molecule has 2 N–H and O–H groups in total. The molecule has 0 aliphatic carbocycles. The van der Waals surface area contributed by atoms with Crippen LogP contribution in [0.3, 0.4) is 0 Å². The van der Waals surface area contributed by atoms with Gasteiger partial charge in [0.15, 0.2) is 0 Å². The summed E-state index contributed by atoms with van der Waals surface area (Å²) < 4.78 is 0. The van der Waals surface area contributed by atoms with Gasteiger partial charge >= 0.3 is 5.97 Å². The Hall–Kier alpha value is -0.910. The summed E-state index contributed by atoms with van der Waals surface area (Å²) in [4.78, 5) is 13.9. The fourth-order valence-electron chi connectivity index (χ4n) is 1.76. The molecule has 0 saturated carbocycles. The van der Waals surface area contributed by atoms with Crippen molar-refractivity contribution in [2.75, 3.05) is 18.8 Å². The van der Waals surface area contributed by atoms with E-state index < -0.39 is 11.5 Å². The molecule has 0 aromatic carbocycles. The molecule has 2 unspecified atom stereocenters. The molecule has 2 atom stereocenters. The van der Waals surface area contributed by atoms with Gasteiger partial charge in [0.25, 0.3) is 0 Å². The van der Waals surface area contributed by atoms with E-state index >= 15 is 0 Å². The highest BCUT2D eigenvalue weighted by Gasteiger charge is 2.44. The first-order chi connectivity index (χ1) is 7.60. The molecular formula is C9H16N4O2S. The number of carboxylic acid groups (broad SMARTS) is 1. The number of carboxylic acids is 1. The lowest BCUT2D eigenvalue weighted by molar-refractivity contribution is -0.143. The first kappa shape index (κ1) is 13.2. The van der Waals surface area contributed by atoms with Crippen molar-refractivity contribution >= 4 is 17.7 Å². The summed E-state index contributed by atoms with van der Waals surface area (Å²) >= 11 is 1.68. The molecule has 90 valence electrons. The zero-order valence-corrected chi connectivity index (χ0v) is 10.0. The summed E-state index contributed by atoms with van der Waals surface area (Å²) in [6.07, 6.45) is 1.31. The number of nitrogens with one attached hydrogen (secondary N) is 1. The zero-order valence-electron chi connectivity index (χ0n) is 9.22. The van der Waals surface area contributed by atoms with Crippen LogP contribution in [0.15, 0.2) is 5.11 Å². The fraction of sp³-hybridized carbons (Fsp3) is 0.889. The Balaban J connectivity index is 2.41. The predicted molar refractivity (Wildman–Crippen MR) is 63.5 cm³/mol. The van der Waals surface area contributed by atoms with Crippen molar-refractivity contribution in [3.05, 3.63) is 10.4 Å². The number of hydrogen-bond donors (Lipinski definition) is 2. The van der Waals surface area contributed by atoms with Gasteiger partial charge in [0.1, 0.15) is 5.54 Å². The molecule has 0 radical (unpaired) electrons. The minimum atomic E-state index is -0.791. The number of nitrogens with zero attached hydrogens (tertiary/aromatic N) is 3. The van der Waals surface area contributed by atoms with Crippen LogP contribution in [0, 0.1) is 0 Å². The molecular weight excluding hydrogens is 228 g/mol. The Kier molecular flexibility index (Phi) is 4.92. The van der Waals surface area contributed by atoms with E-state index in [1.807, 2.05) is 6.92 Å². The van der Waals surface area contributed by atoms with Gasteiger partial charge in [-0.3, -0.25) is 4.79 Å². The Bertz CT molecular complexity index is 306. The number of rotatable bonds is 6. The molecule has 1 fully saturated rings. The predicted octanol–water partition coefficient (Wildman–Crippen LogP) is 1.63. The van der Waals surface area contributed by atoms with E-state index in [9.17, 15) is 9.90 Å². The molecule has 0 amide bonds. The zero-order chi connectivity index (χ0) is 12.0. The van der Waals surface area contributed by atoms with E-state index in [0.717, 1.165) is 0 Å². The lowest BCUT2D eigenvalue weighted by Gasteiger charge is -2.24. The van der Waals surface area contributed by atoms with Crippen molar-refractivity contribution in [1.82, 2.24) is 5.32 Å². The summed E-state index contributed by atoms with van der Waals surface area (Å²) in [7, 11) is 0. The summed E-state index contributed by atoms with van der Waals surface area (Å²) in [6.45, 7) is 3.01. The average Bonchev–Trinajstić information content (AvgIpc) is 2.61. The molecule has 0 spiro atoms. The topological polar surface area (TPSA) is 98.1 Å². The van der Waals surface area contributed by atoms with Gasteiger partial charge in [0.05, 0.1) is 0 Å². The molecule has 1 rings (SSSR count). The fourth-order valence-corrected chi connectivity index (χ4v) is 3.08. The van der Waals surface area contributed by atoms with Gasteiger partial charge in [0.2, 0.25) is 0 Å². The third kappa shape index (κ3) is 3.30. The van der Waals surface area contributed by atoms with Gasteiger partial charge in [-0.15, -0.1) is 0 Å². The first-order valence-electron chi connectivity index (χ1n) is 5.21. The van der Waals surface area contributed by atoms with Crippen molar-refractivity contribution in [2.45, 2.75) is 30.6 Å². The summed E-state index contributed by atoms with van der Waals surface area (Å²) in [5.41, 5.74) is 7.30. The minimum Gasteiger partial charge on any atom is -0.480 e. The standard InChI is InChI=1S/C9H16N4O2S/c1-7-5-9(6-16-7,8(14)15)11-3-2-4-12-13-10/h7,11H,2-6H2,1H3,(H,14,15). The van der Waals surface area contributed by atoms with Crippen LogP contribution in [0.4, 0.5) is 0 Å². The van der Waals surface area contributed by atoms with Gasteiger partial charge in [-0.25, -0.2) is 0 Å². The van der Waals surface area contributed by atoms with Crippen molar-refractivity contribution < 1.29 is 9.90 Å². The van der Waals surface area contributed by atoms with Crippen molar-refractivity contribution in [1.29, 1.82) is 0 Å². The molecule has 6 nitrogen and oxygen atoms in total. The smallest absolute Gasteiger partial charge is 0.324 e. The molecule has 1 saturated heterocycles. The normalized spacial score (nSPS) is 28.7. The second-order valence-electron chi connectivity index (χ2n) is 3.95. The summed E-state index contributed by atoms with van der Waals surface area (Å²) in [5.74, 6) is -0.182. The van der Waals surface area contributed by atoms with Crippen LogP contribution in [-0.2, 0) is 4.79 Å². The van der Waals surface area contributed by atoms with Gasteiger partial charge in [-0.05, 0) is 24.9 Å². The molecule has 1 heterocycles. The molecule has 0 aromatic heterocycles. The maximum Gasteiger partial charge on any atom is 0.324 e. The monoisotopic (exact) mass is 244 g/mol. The quantitative estimate of drug-likeness (QED) is 0.321. The highest BCUT2D eigenvalue weighted by Crippen LogP contribution is 2.34. The molecule has 0 aromatic rings. The lowest BCUT2D eigenvalue weighted by atomic mass is 9.96. The Morgan fingerprint density at radius 3 is 3.06 bits per heavy atom. The third-order valence-corrected chi connectivity index (χ3v) is 4.02. The van der Waals surface area contributed by atoms with Crippen LogP contribution >= 0.6 is 11.8 Å². The lowest BCUT2D eigenvalue weighted by Crippen LogP contribution is -2.53. The van der Waals surface area contributed by atoms with E-state index in [1.165, 1.54) is 0 Å². The van der Waals surface area contributed by atoms with Crippen molar-refractivity contribution in [3.8, 4) is 0 Å². The number of carbonyl (C=O) groups is 1. The highest BCUT2D eigenvalue weighted by atomic mass is 32.2. The molecule has 0 bridgehead atoms. The Labute approximate surface area is 98.4 Å². The van der Waals surface area contributed by atoms with Gasteiger partial charge in [-0.1, -0.05) is 12.0 Å². The maximum absolute atomic E-state index is 11.2. The largest absolute Gasteiger partial charge is 0.480 e. The van der Waals surface area contributed by atoms with E-state index in [2.05, 4.69) is 15.3 Å². The number of hydrogen-bond acceptors (Lipinski definition) is 4. The highest BCUT2D eigenvalue weighted by molar-refractivity contribution is 8.00. The van der Waals surface area contributed by atoms with Gasteiger partial charge in [-0.2, -0.15) is 11.8 Å².